The molecule has 1 aromatic carbocycles. The Morgan fingerprint density at radius 1 is 1.53 bits per heavy atom. The van der Waals surface area contributed by atoms with Crippen LogP contribution in [0.15, 0.2) is 35.7 Å². The number of nitrogens with one attached hydrogen (secondary N) is 1. The smallest absolute Gasteiger partial charge is 0.224 e. The molecule has 3 heteroatoms. The van der Waals surface area contributed by atoms with Gasteiger partial charge in [-0.25, -0.2) is 0 Å². The fourth-order valence-corrected chi connectivity index (χ4v) is 2.98. The lowest BCUT2D eigenvalue weighted by atomic mass is 10.0. The van der Waals surface area contributed by atoms with Crippen LogP contribution in [0.2, 0.25) is 0 Å². The van der Waals surface area contributed by atoms with Crippen LogP contribution in [0.1, 0.15) is 17.5 Å². The van der Waals surface area contributed by atoms with Gasteiger partial charge < -0.3 is 5.32 Å². The Morgan fingerprint density at radius 3 is 3.24 bits per heavy atom. The van der Waals surface area contributed by atoms with Gasteiger partial charge in [-0.15, -0.1) is 18.3 Å². The molecule has 1 N–H and O–H groups in total. The van der Waals surface area contributed by atoms with Crippen molar-refractivity contribution < 1.29 is 4.79 Å². The van der Waals surface area contributed by atoms with Crippen molar-refractivity contribution in [1.29, 1.82) is 0 Å². The van der Waals surface area contributed by atoms with Crippen molar-refractivity contribution in [3.8, 4) is 0 Å². The van der Waals surface area contributed by atoms with Crippen LogP contribution < -0.4 is 5.32 Å². The Labute approximate surface area is 106 Å². The van der Waals surface area contributed by atoms with Gasteiger partial charge in [0.1, 0.15) is 0 Å². The summed E-state index contributed by atoms with van der Waals surface area (Å²) in [5, 5.41) is 2.80. The highest BCUT2D eigenvalue weighted by Crippen LogP contribution is 2.30. The molecular weight excluding hydrogens is 230 g/mol. The fraction of sp³-hybridized carbons (Fsp3) is 0.357. The van der Waals surface area contributed by atoms with E-state index in [1.165, 1.54) is 22.6 Å². The van der Waals surface area contributed by atoms with E-state index < -0.39 is 0 Å². The first-order valence-corrected chi connectivity index (χ1v) is 6.90. The minimum atomic E-state index is 0.0633. The van der Waals surface area contributed by atoms with E-state index in [-0.39, 0.29) is 5.91 Å². The molecule has 0 radical (unpaired) electrons. The van der Waals surface area contributed by atoms with Crippen LogP contribution in [0.3, 0.4) is 0 Å². The molecule has 17 heavy (non-hydrogen) atoms. The van der Waals surface area contributed by atoms with E-state index >= 15 is 0 Å². The van der Waals surface area contributed by atoms with Crippen LogP contribution in [0, 0.1) is 0 Å². The summed E-state index contributed by atoms with van der Waals surface area (Å²) in [5.41, 5.74) is 2.50. The van der Waals surface area contributed by atoms with Gasteiger partial charge in [-0.3, -0.25) is 4.79 Å². The zero-order valence-electron chi connectivity index (χ0n) is 9.87. The molecule has 1 amide bonds. The zero-order chi connectivity index (χ0) is 12.1. The third-order valence-electron chi connectivity index (χ3n) is 2.78. The first-order chi connectivity index (χ1) is 8.29. The SMILES string of the molecule is C=CCNC(=O)Cc1ccc2c(c1)CCCS2. The molecule has 0 fully saturated rings. The zero-order valence-corrected chi connectivity index (χ0v) is 10.7. The molecule has 0 saturated heterocycles. The number of thioether (sulfide) groups is 1. The van der Waals surface area contributed by atoms with E-state index in [0.29, 0.717) is 13.0 Å². The van der Waals surface area contributed by atoms with E-state index in [2.05, 4.69) is 30.1 Å². The molecule has 0 bridgehead atoms. The van der Waals surface area contributed by atoms with Gasteiger partial charge in [0.15, 0.2) is 0 Å². The van der Waals surface area contributed by atoms with Crippen LogP contribution >= 0.6 is 11.8 Å². The molecular formula is C14H17NOS. The van der Waals surface area contributed by atoms with Gasteiger partial charge in [0.05, 0.1) is 6.42 Å². The van der Waals surface area contributed by atoms with Gasteiger partial charge in [-0.2, -0.15) is 0 Å². The molecule has 0 aromatic heterocycles. The Balaban J connectivity index is 2.01. The summed E-state index contributed by atoms with van der Waals surface area (Å²) in [6, 6.07) is 6.38. The average Bonchev–Trinajstić information content (AvgIpc) is 2.36. The van der Waals surface area contributed by atoms with E-state index in [0.717, 1.165) is 12.0 Å². The molecule has 0 atom stereocenters. The molecule has 0 aliphatic carbocycles. The fourth-order valence-electron chi connectivity index (χ4n) is 1.96. The van der Waals surface area contributed by atoms with Gasteiger partial charge in [0.25, 0.3) is 0 Å². The molecule has 0 unspecified atom stereocenters. The monoisotopic (exact) mass is 247 g/mol. The lowest BCUT2D eigenvalue weighted by Gasteiger charge is -2.15. The van der Waals surface area contributed by atoms with E-state index in [1.807, 2.05) is 11.8 Å². The number of rotatable bonds is 4. The number of hydrogen-bond donors (Lipinski definition) is 1. The quantitative estimate of drug-likeness (QED) is 0.829. The maximum absolute atomic E-state index is 11.6. The van der Waals surface area contributed by atoms with Gasteiger partial charge >= 0.3 is 0 Å². The lowest BCUT2D eigenvalue weighted by Crippen LogP contribution is -2.25. The van der Waals surface area contributed by atoms with Gasteiger partial charge in [0, 0.05) is 11.4 Å². The molecule has 0 saturated carbocycles. The van der Waals surface area contributed by atoms with E-state index in [9.17, 15) is 4.79 Å². The number of hydrogen-bond acceptors (Lipinski definition) is 2. The number of benzene rings is 1. The Morgan fingerprint density at radius 2 is 2.41 bits per heavy atom. The molecule has 90 valence electrons. The van der Waals surface area contributed by atoms with Crippen molar-refractivity contribution in [2.45, 2.75) is 24.2 Å². The minimum Gasteiger partial charge on any atom is -0.352 e. The number of carbonyl (C=O) groups is 1. The lowest BCUT2D eigenvalue weighted by molar-refractivity contribution is -0.120. The number of amides is 1. The van der Waals surface area contributed by atoms with Gasteiger partial charge in [-0.1, -0.05) is 18.2 Å². The number of aryl methyl sites for hydroxylation is 1. The van der Waals surface area contributed by atoms with Crippen LogP contribution in [0.5, 0.6) is 0 Å². The standard InChI is InChI=1S/C14H17NOS/c1-2-7-15-14(16)10-11-5-6-13-12(9-11)4-3-8-17-13/h2,5-6,9H,1,3-4,7-8,10H2,(H,15,16). The highest BCUT2D eigenvalue weighted by Gasteiger charge is 2.11. The average molecular weight is 247 g/mol. The van der Waals surface area contributed by atoms with E-state index in [4.69, 9.17) is 0 Å². The van der Waals surface area contributed by atoms with Crippen molar-refractivity contribution in [2.24, 2.45) is 0 Å². The Hall–Kier alpha value is -1.22. The summed E-state index contributed by atoms with van der Waals surface area (Å²) >= 11 is 1.92. The minimum absolute atomic E-state index is 0.0633. The molecule has 2 rings (SSSR count). The number of carbonyl (C=O) groups excluding carboxylic acids is 1. The van der Waals surface area contributed by atoms with Crippen molar-refractivity contribution in [3.63, 3.8) is 0 Å². The predicted molar refractivity (Wildman–Crippen MR) is 72.4 cm³/mol. The third kappa shape index (κ3) is 3.37. The second kappa shape index (κ2) is 5.92. The van der Waals surface area contributed by atoms with Crippen LogP contribution in [-0.2, 0) is 17.6 Å². The topological polar surface area (TPSA) is 29.1 Å². The molecule has 1 heterocycles. The second-order valence-electron chi connectivity index (χ2n) is 4.16. The van der Waals surface area contributed by atoms with Crippen molar-refractivity contribution in [3.05, 3.63) is 42.0 Å². The maximum atomic E-state index is 11.6. The Kier molecular flexibility index (Phi) is 4.26. The van der Waals surface area contributed by atoms with Crippen molar-refractivity contribution in [1.82, 2.24) is 5.32 Å². The summed E-state index contributed by atoms with van der Waals surface area (Å²) in [6.07, 6.45) is 4.54. The molecule has 1 aliphatic rings. The first kappa shape index (κ1) is 12.2. The normalized spacial score (nSPS) is 13.9. The summed E-state index contributed by atoms with van der Waals surface area (Å²) in [7, 11) is 0. The third-order valence-corrected chi connectivity index (χ3v) is 3.98. The second-order valence-corrected chi connectivity index (χ2v) is 5.30. The highest BCUT2D eigenvalue weighted by molar-refractivity contribution is 7.99. The summed E-state index contributed by atoms with van der Waals surface area (Å²) in [4.78, 5) is 13.0. The summed E-state index contributed by atoms with van der Waals surface area (Å²) in [5.74, 6) is 1.28. The van der Waals surface area contributed by atoms with E-state index in [1.54, 1.807) is 6.08 Å². The molecule has 1 aliphatic heterocycles. The predicted octanol–water partition coefficient (Wildman–Crippen LogP) is 2.57. The van der Waals surface area contributed by atoms with Gasteiger partial charge in [-0.05, 0) is 35.8 Å². The largest absolute Gasteiger partial charge is 0.352 e. The first-order valence-electron chi connectivity index (χ1n) is 5.92. The molecule has 2 nitrogen and oxygen atoms in total. The summed E-state index contributed by atoms with van der Waals surface area (Å²) in [6.45, 7) is 4.12. The van der Waals surface area contributed by atoms with Gasteiger partial charge in [0.2, 0.25) is 5.91 Å². The Bertz CT molecular complexity index is 428. The number of fused-ring (bicyclic) bond motifs is 1. The summed E-state index contributed by atoms with van der Waals surface area (Å²) < 4.78 is 0. The van der Waals surface area contributed by atoms with Crippen molar-refractivity contribution in [2.75, 3.05) is 12.3 Å². The molecule has 0 spiro atoms. The van der Waals surface area contributed by atoms with Crippen LogP contribution in [0.25, 0.3) is 0 Å². The maximum Gasteiger partial charge on any atom is 0.224 e. The highest BCUT2D eigenvalue weighted by atomic mass is 32.2. The molecule has 1 aromatic rings. The van der Waals surface area contributed by atoms with Crippen LogP contribution in [-0.4, -0.2) is 18.2 Å². The van der Waals surface area contributed by atoms with Crippen molar-refractivity contribution >= 4 is 17.7 Å². The van der Waals surface area contributed by atoms with Crippen LogP contribution in [0.4, 0.5) is 0 Å².